The van der Waals surface area contributed by atoms with Crippen LogP contribution in [0, 0.1) is 5.92 Å². The lowest BCUT2D eigenvalue weighted by Gasteiger charge is -2.22. The molecule has 0 atom stereocenters. The Morgan fingerprint density at radius 1 is 1.38 bits per heavy atom. The number of thiazole rings is 1. The van der Waals surface area contributed by atoms with Crippen molar-refractivity contribution in [3.05, 3.63) is 40.5 Å². The minimum Gasteiger partial charge on any atom is -0.350 e. The molecule has 1 aromatic heterocycles. The van der Waals surface area contributed by atoms with Crippen molar-refractivity contribution in [2.75, 3.05) is 38.1 Å². The maximum atomic E-state index is 12.7. The lowest BCUT2D eigenvalue weighted by atomic mass is 9.98. The molecule has 29 heavy (non-hydrogen) atoms. The van der Waals surface area contributed by atoms with Crippen LogP contribution in [0.15, 0.2) is 34.3 Å². The molecular weight excluding hydrogens is 384 g/mol. The summed E-state index contributed by atoms with van der Waals surface area (Å²) in [5.41, 5.74) is 3.04. The van der Waals surface area contributed by atoms with Crippen molar-refractivity contribution in [3.8, 4) is 0 Å². The van der Waals surface area contributed by atoms with Gasteiger partial charge in [0, 0.05) is 25.8 Å². The summed E-state index contributed by atoms with van der Waals surface area (Å²) in [6, 6.07) is 8.30. The van der Waals surface area contributed by atoms with Crippen molar-refractivity contribution in [2.24, 2.45) is 15.9 Å². The normalized spacial score (nSPS) is 17.3. The molecule has 2 N–H and O–H groups in total. The SMILES string of the molecule is C=Nc1sc(C(=O)NCC2CCNCC2)nc1/C(=N\C)N1CCc2ccccc21. The van der Waals surface area contributed by atoms with Gasteiger partial charge in [-0.15, -0.1) is 0 Å². The Morgan fingerprint density at radius 3 is 2.93 bits per heavy atom. The van der Waals surface area contributed by atoms with Gasteiger partial charge in [0.15, 0.2) is 10.8 Å². The van der Waals surface area contributed by atoms with Gasteiger partial charge in [-0.3, -0.25) is 14.8 Å². The van der Waals surface area contributed by atoms with E-state index in [9.17, 15) is 4.79 Å². The Bertz CT molecular complexity index is 931. The van der Waals surface area contributed by atoms with Gasteiger partial charge < -0.3 is 15.5 Å². The van der Waals surface area contributed by atoms with Crippen LogP contribution in [0.2, 0.25) is 0 Å². The topological polar surface area (TPSA) is 82.0 Å². The monoisotopic (exact) mass is 410 g/mol. The summed E-state index contributed by atoms with van der Waals surface area (Å²) >= 11 is 1.27. The second-order valence-electron chi connectivity index (χ2n) is 7.31. The number of anilines is 1. The van der Waals surface area contributed by atoms with E-state index >= 15 is 0 Å². The van der Waals surface area contributed by atoms with Crippen molar-refractivity contribution in [2.45, 2.75) is 19.3 Å². The number of amides is 1. The number of para-hydroxylation sites is 1. The number of nitrogens with zero attached hydrogens (tertiary/aromatic N) is 4. The number of hydrogen-bond acceptors (Lipinski definition) is 6. The predicted molar refractivity (Wildman–Crippen MR) is 119 cm³/mol. The van der Waals surface area contributed by atoms with Gasteiger partial charge in [0.2, 0.25) is 0 Å². The van der Waals surface area contributed by atoms with Crippen LogP contribution in [0.25, 0.3) is 0 Å². The fraction of sp³-hybridized carbons (Fsp3) is 0.429. The number of carbonyl (C=O) groups excluding carboxylic acids is 1. The van der Waals surface area contributed by atoms with Gasteiger partial charge >= 0.3 is 0 Å². The molecule has 7 nitrogen and oxygen atoms in total. The van der Waals surface area contributed by atoms with Gasteiger partial charge in [-0.25, -0.2) is 4.98 Å². The summed E-state index contributed by atoms with van der Waals surface area (Å²) in [5, 5.41) is 7.42. The molecule has 8 heteroatoms. The first kappa shape index (κ1) is 19.7. The largest absolute Gasteiger partial charge is 0.350 e. The molecule has 3 heterocycles. The molecule has 1 saturated heterocycles. The fourth-order valence-corrected chi connectivity index (χ4v) is 4.76. The summed E-state index contributed by atoms with van der Waals surface area (Å²) < 4.78 is 0. The molecule has 4 rings (SSSR count). The number of aromatic nitrogens is 1. The number of fused-ring (bicyclic) bond motifs is 1. The third-order valence-electron chi connectivity index (χ3n) is 5.52. The maximum absolute atomic E-state index is 12.7. The zero-order valence-electron chi connectivity index (χ0n) is 16.6. The van der Waals surface area contributed by atoms with Crippen LogP contribution in [0.5, 0.6) is 0 Å². The smallest absolute Gasteiger partial charge is 0.280 e. The van der Waals surface area contributed by atoms with Crippen LogP contribution in [0.3, 0.4) is 0 Å². The van der Waals surface area contributed by atoms with Gasteiger partial charge in [0.05, 0.1) is 0 Å². The number of piperidine rings is 1. The van der Waals surface area contributed by atoms with Crippen LogP contribution in [-0.4, -0.2) is 56.7 Å². The van der Waals surface area contributed by atoms with E-state index in [-0.39, 0.29) is 5.91 Å². The Balaban J connectivity index is 1.54. The minimum absolute atomic E-state index is 0.151. The molecule has 1 aromatic carbocycles. The molecule has 0 spiro atoms. The number of benzene rings is 1. The number of aliphatic imine (C=N–C) groups is 2. The molecule has 2 aliphatic heterocycles. The van der Waals surface area contributed by atoms with E-state index in [1.165, 1.54) is 16.9 Å². The van der Waals surface area contributed by atoms with E-state index in [2.05, 4.69) is 55.4 Å². The van der Waals surface area contributed by atoms with Crippen molar-refractivity contribution in [1.82, 2.24) is 15.6 Å². The van der Waals surface area contributed by atoms with Crippen LogP contribution in [0.4, 0.5) is 10.7 Å². The van der Waals surface area contributed by atoms with E-state index in [0.29, 0.717) is 28.2 Å². The highest BCUT2D eigenvalue weighted by molar-refractivity contribution is 7.17. The number of rotatable bonds is 5. The lowest BCUT2D eigenvalue weighted by Crippen LogP contribution is -2.36. The Morgan fingerprint density at radius 2 is 2.17 bits per heavy atom. The molecule has 152 valence electrons. The van der Waals surface area contributed by atoms with E-state index < -0.39 is 0 Å². The van der Waals surface area contributed by atoms with Crippen LogP contribution in [0.1, 0.15) is 33.9 Å². The average Bonchev–Trinajstić information content (AvgIpc) is 3.39. The van der Waals surface area contributed by atoms with Crippen LogP contribution in [-0.2, 0) is 6.42 Å². The predicted octanol–water partition coefficient (Wildman–Crippen LogP) is 2.64. The second-order valence-corrected chi connectivity index (χ2v) is 8.29. The highest BCUT2D eigenvalue weighted by Crippen LogP contribution is 2.34. The van der Waals surface area contributed by atoms with Crippen LogP contribution < -0.4 is 15.5 Å². The second kappa shape index (κ2) is 8.84. The van der Waals surface area contributed by atoms with E-state index in [1.54, 1.807) is 7.05 Å². The minimum atomic E-state index is -0.151. The standard InChI is InChI=1S/C21H26N6OS/c1-22-18(27-12-9-15-5-3-4-6-16(15)27)17-20(23-2)29-21(26-17)19(28)25-13-14-7-10-24-11-8-14/h3-6,14,24H,2,7-13H2,1H3,(H,25,28)/b22-18+. The number of hydrogen-bond donors (Lipinski definition) is 2. The summed E-state index contributed by atoms with van der Waals surface area (Å²) in [7, 11) is 1.75. The quantitative estimate of drug-likeness (QED) is 0.586. The van der Waals surface area contributed by atoms with E-state index in [4.69, 9.17) is 0 Å². The van der Waals surface area contributed by atoms with E-state index in [0.717, 1.165) is 50.4 Å². The molecular formula is C21H26N6OS. The number of carbonyl (C=O) groups is 1. The highest BCUT2D eigenvalue weighted by Gasteiger charge is 2.28. The van der Waals surface area contributed by atoms with Gasteiger partial charge in [-0.05, 0) is 56.6 Å². The van der Waals surface area contributed by atoms with Crippen molar-refractivity contribution in [3.63, 3.8) is 0 Å². The third kappa shape index (κ3) is 4.09. The molecule has 0 radical (unpaired) electrons. The van der Waals surface area contributed by atoms with Crippen molar-refractivity contribution < 1.29 is 4.79 Å². The van der Waals surface area contributed by atoms with Gasteiger partial charge in [0.1, 0.15) is 10.7 Å². The number of nitrogens with one attached hydrogen (secondary N) is 2. The number of amidine groups is 1. The molecule has 1 fully saturated rings. The first-order valence-corrected chi connectivity index (χ1v) is 10.8. The zero-order valence-corrected chi connectivity index (χ0v) is 17.5. The first-order valence-electron chi connectivity index (χ1n) is 10.00. The Hall–Kier alpha value is -2.58. The van der Waals surface area contributed by atoms with Gasteiger partial charge in [-0.2, -0.15) is 0 Å². The lowest BCUT2D eigenvalue weighted by molar-refractivity contribution is 0.0944. The van der Waals surface area contributed by atoms with Gasteiger partial charge in [0.25, 0.3) is 5.91 Å². The van der Waals surface area contributed by atoms with Crippen molar-refractivity contribution >= 4 is 40.5 Å². The summed E-state index contributed by atoms with van der Waals surface area (Å²) in [6.45, 7) is 7.22. The average molecular weight is 411 g/mol. The highest BCUT2D eigenvalue weighted by atomic mass is 32.1. The molecule has 0 aliphatic carbocycles. The zero-order chi connectivity index (χ0) is 20.2. The third-order valence-corrected chi connectivity index (χ3v) is 6.51. The van der Waals surface area contributed by atoms with Crippen LogP contribution >= 0.6 is 11.3 Å². The molecule has 2 aromatic rings. The van der Waals surface area contributed by atoms with Crippen molar-refractivity contribution in [1.29, 1.82) is 0 Å². The van der Waals surface area contributed by atoms with Gasteiger partial charge in [-0.1, -0.05) is 29.5 Å². The molecule has 0 bridgehead atoms. The summed E-state index contributed by atoms with van der Waals surface area (Å²) in [4.78, 5) is 28.1. The molecule has 2 aliphatic rings. The first-order chi connectivity index (χ1) is 14.2. The summed E-state index contributed by atoms with van der Waals surface area (Å²) in [6.07, 6.45) is 3.13. The molecule has 0 unspecified atom stereocenters. The van der Waals surface area contributed by atoms with E-state index in [1.807, 2.05) is 6.07 Å². The summed E-state index contributed by atoms with van der Waals surface area (Å²) in [5.74, 6) is 1.10. The Kier molecular flexibility index (Phi) is 6.01. The fourth-order valence-electron chi connectivity index (χ4n) is 3.97. The maximum Gasteiger partial charge on any atom is 0.280 e. The molecule has 1 amide bonds. The Labute approximate surface area is 175 Å². The molecule has 0 saturated carbocycles.